The average molecular weight is 442 g/mol. The molecule has 1 unspecified atom stereocenters. The van der Waals surface area contributed by atoms with Gasteiger partial charge >= 0.3 is 0 Å². The molecule has 4 heteroatoms. The smallest absolute Gasteiger partial charge is 0.0680 e. The Hall–Kier alpha value is -1.81. The van der Waals surface area contributed by atoms with Gasteiger partial charge in [0.2, 0.25) is 0 Å². The van der Waals surface area contributed by atoms with Crippen LogP contribution in [0.4, 0.5) is 0 Å². The lowest BCUT2D eigenvalue weighted by Crippen LogP contribution is -2.22. The largest absolute Gasteiger partial charge is 0.385 e. The number of benzene rings is 1. The van der Waals surface area contributed by atoms with Gasteiger partial charge in [-0.3, -0.25) is 0 Å². The summed E-state index contributed by atoms with van der Waals surface area (Å²) in [4.78, 5) is 6.14. The summed E-state index contributed by atoms with van der Waals surface area (Å²) in [6, 6.07) is 8.79. The van der Waals surface area contributed by atoms with Gasteiger partial charge in [0.05, 0.1) is 5.88 Å². The molecule has 1 fully saturated rings. The summed E-state index contributed by atoms with van der Waals surface area (Å²) in [5.41, 5.74) is 6.69. The van der Waals surface area contributed by atoms with Gasteiger partial charge in [0.25, 0.3) is 0 Å². The van der Waals surface area contributed by atoms with E-state index in [-0.39, 0.29) is 0 Å². The van der Waals surface area contributed by atoms with Gasteiger partial charge in [0.1, 0.15) is 0 Å². The van der Waals surface area contributed by atoms with E-state index in [0.717, 1.165) is 30.5 Å². The fraction of sp³-hybridized carbons (Fsp3) is 0.556. The maximum absolute atomic E-state index is 4.18. The van der Waals surface area contributed by atoms with E-state index in [9.17, 15) is 0 Å². The molecule has 0 spiro atoms. The maximum atomic E-state index is 4.18. The van der Waals surface area contributed by atoms with Gasteiger partial charge in [-0.05, 0) is 49.1 Å². The van der Waals surface area contributed by atoms with Crippen LogP contribution >= 0.6 is 11.8 Å². The molecular weight excluding hydrogens is 398 g/mol. The first-order valence-electron chi connectivity index (χ1n) is 11.4. The molecule has 0 aromatic heterocycles. The summed E-state index contributed by atoms with van der Waals surface area (Å²) in [5.74, 6) is 1.91. The molecule has 0 aliphatic carbocycles. The molecule has 31 heavy (non-hydrogen) atoms. The van der Waals surface area contributed by atoms with Crippen LogP contribution in [0.5, 0.6) is 0 Å². The van der Waals surface area contributed by atoms with E-state index in [2.05, 4.69) is 94.2 Å². The quantitative estimate of drug-likeness (QED) is 0.516. The number of hydrogen-bond acceptors (Lipinski definition) is 4. The molecule has 2 aliphatic heterocycles. The SMILES string of the molecule is C=C(C)NCc1ccc(C2=C(C)N(C)CS2)cc1.C=C(CC(C)(C)C)N1CCC(C)C1. The van der Waals surface area contributed by atoms with Crippen LogP contribution in [0.25, 0.3) is 4.91 Å². The Kier molecular flexibility index (Phi) is 9.17. The molecule has 0 saturated carbocycles. The number of rotatable bonds is 6. The van der Waals surface area contributed by atoms with Gasteiger partial charge in [0.15, 0.2) is 0 Å². The Morgan fingerprint density at radius 3 is 2.29 bits per heavy atom. The van der Waals surface area contributed by atoms with Gasteiger partial charge in [0, 0.05) is 48.7 Å². The summed E-state index contributed by atoms with van der Waals surface area (Å²) < 4.78 is 0. The molecule has 0 radical (unpaired) electrons. The second-order valence-electron chi connectivity index (χ2n) is 10.4. The predicted molar refractivity (Wildman–Crippen MR) is 139 cm³/mol. The summed E-state index contributed by atoms with van der Waals surface area (Å²) in [6.45, 7) is 24.6. The molecule has 1 atom stereocenters. The van der Waals surface area contributed by atoms with Crippen molar-refractivity contribution in [3.05, 3.63) is 65.6 Å². The number of likely N-dealkylation sites (tertiary alicyclic amines) is 1. The third-order valence-electron chi connectivity index (χ3n) is 5.72. The van der Waals surface area contributed by atoms with E-state index in [1.807, 2.05) is 18.7 Å². The fourth-order valence-electron chi connectivity index (χ4n) is 3.80. The summed E-state index contributed by atoms with van der Waals surface area (Å²) >= 11 is 1.91. The monoisotopic (exact) mass is 441 g/mol. The van der Waals surface area contributed by atoms with Crippen LogP contribution < -0.4 is 5.32 Å². The predicted octanol–water partition coefficient (Wildman–Crippen LogP) is 6.91. The van der Waals surface area contributed by atoms with Crippen molar-refractivity contribution in [1.82, 2.24) is 15.1 Å². The van der Waals surface area contributed by atoms with Gasteiger partial charge in [-0.15, -0.1) is 11.8 Å². The molecular formula is C27H43N3S. The summed E-state index contributed by atoms with van der Waals surface area (Å²) in [7, 11) is 2.14. The highest BCUT2D eigenvalue weighted by molar-refractivity contribution is 8.08. The molecule has 0 bridgehead atoms. The molecule has 1 N–H and O–H groups in total. The van der Waals surface area contributed by atoms with Gasteiger partial charge in [-0.1, -0.05) is 65.1 Å². The number of allylic oxidation sites excluding steroid dienone is 3. The molecule has 1 saturated heterocycles. The van der Waals surface area contributed by atoms with E-state index in [4.69, 9.17) is 0 Å². The first-order chi connectivity index (χ1) is 14.5. The zero-order valence-electron chi connectivity index (χ0n) is 20.8. The van der Waals surface area contributed by atoms with Crippen LogP contribution in [-0.2, 0) is 6.54 Å². The minimum atomic E-state index is 0.378. The standard InChI is InChI=1S/C15H20N2S.C12H23N/c1-11(2)16-9-13-5-7-14(8-6-13)15-12(3)17(4)10-18-15;1-10-6-7-13(9-10)11(2)8-12(3,4)5/h5-8,16H,1,9-10H2,2-4H3;10H,2,6-9H2,1,3-5H3. The van der Waals surface area contributed by atoms with E-state index in [1.165, 1.54) is 46.9 Å². The fourth-order valence-corrected chi connectivity index (χ4v) is 4.99. The topological polar surface area (TPSA) is 18.5 Å². The zero-order valence-corrected chi connectivity index (χ0v) is 21.7. The van der Waals surface area contributed by atoms with Gasteiger partial charge < -0.3 is 15.1 Å². The van der Waals surface area contributed by atoms with E-state index in [0.29, 0.717) is 5.41 Å². The zero-order chi connectivity index (χ0) is 23.2. The van der Waals surface area contributed by atoms with Crippen molar-refractivity contribution in [2.45, 2.75) is 60.9 Å². The van der Waals surface area contributed by atoms with Crippen LogP contribution in [-0.4, -0.2) is 35.8 Å². The highest BCUT2D eigenvalue weighted by atomic mass is 32.2. The van der Waals surface area contributed by atoms with E-state index in [1.54, 1.807) is 0 Å². The molecule has 1 aromatic carbocycles. The molecule has 0 amide bonds. The molecule has 2 heterocycles. The number of nitrogens with zero attached hydrogens (tertiary/aromatic N) is 2. The third kappa shape index (κ3) is 8.33. The second-order valence-corrected chi connectivity index (χ2v) is 11.3. The molecule has 1 aromatic rings. The number of thioether (sulfide) groups is 1. The maximum Gasteiger partial charge on any atom is 0.0680 e. The van der Waals surface area contributed by atoms with Crippen molar-refractivity contribution in [3.63, 3.8) is 0 Å². The Balaban J connectivity index is 0.000000233. The summed E-state index contributed by atoms with van der Waals surface area (Å²) in [5, 5.41) is 3.25. The van der Waals surface area contributed by atoms with E-state index < -0.39 is 0 Å². The van der Waals surface area contributed by atoms with Crippen molar-refractivity contribution >= 4 is 16.7 Å². The van der Waals surface area contributed by atoms with Crippen LogP contribution in [0.15, 0.2) is 54.5 Å². The van der Waals surface area contributed by atoms with Crippen molar-refractivity contribution in [2.24, 2.45) is 11.3 Å². The van der Waals surface area contributed by atoms with Crippen molar-refractivity contribution < 1.29 is 0 Å². The number of nitrogens with one attached hydrogen (secondary N) is 1. The first-order valence-corrected chi connectivity index (χ1v) is 12.4. The lowest BCUT2D eigenvalue weighted by atomic mass is 9.90. The molecule has 172 valence electrons. The normalized spacial score (nSPS) is 18.7. The van der Waals surface area contributed by atoms with E-state index >= 15 is 0 Å². The minimum absolute atomic E-state index is 0.378. The highest BCUT2D eigenvalue weighted by Crippen LogP contribution is 2.38. The van der Waals surface area contributed by atoms with Crippen molar-refractivity contribution in [2.75, 3.05) is 26.0 Å². The lowest BCUT2D eigenvalue weighted by Gasteiger charge is -2.27. The first kappa shape index (κ1) is 25.5. The van der Waals surface area contributed by atoms with Crippen molar-refractivity contribution in [1.29, 1.82) is 0 Å². The van der Waals surface area contributed by atoms with Crippen molar-refractivity contribution in [3.8, 4) is 0 Å². The van der Waals surface area contributed by atoms with Crippen LogP contribution in [0.2, 0.25) is 0 Å². The molecule has 2 aliphatic rings. The average Bonchev–Trinajstić information content (AvgIpc) is 3.26. The number of hydrogen-bond donors (Lipinski definition) is 1. The van der Waals surface area contributed by atoms with Crippen LogP contribution in [0, 0.1) is 11.3 Å². The Morgan fingerprint density at radius 1 is 1.19 bits per heavy atom. The Bertz CT molecular complexity index is 786. The van der Waals surface area contributed by atoms with Crippen LogP contribution in [0.1, 0.15) is 65.5 Å². The highest BCUT2D eigenvalue weighted by Gasteiger charge is 2.22. The van der Waals surface area contributed by atoms with Gasteiger partial charge in [-0.25, -0.2) is 0 Å². The minimum Gasteiger partial charge on any atom is -0.385 e. The molecule has 3 rings (SSSR count). The lowest BCUT2D eigenvalue weighted by molar-refractivity contribution is 0.324. The summed E-state index contributed by atoms with van der Waals surface area (Å²) in [6.07, 6.45) is 2.46. The van der Waals surface area contributed by atoms with Gasteiger partial charge in [-0.2, -0.15) is 0 Å². The second kappa shape index (κ2) is 11.2. The third-order valence-corrected chi connectivity index (χ3v) is 7.06. The van der Waals surface area contributed by atoms with Crippen LogP contribution in [0.3, 0.4) is 0 Å². The molecule has 3 nitrogen and oxygen atoms in total. The Morgan fingerprint density at radius 2 is 1.84 bits per heavy atom. The Labute approximate surface area is 195 Å².